The highest BCUT2D eigenvalue weighted by molar-refractivity contribution is 5.80. The van der Waals surface area contributed by atoms with Gasteiger partial charge in [0, 0.05) is 19.3 Å². The van der Waals surface area contributed by atoms with Crippen molar-refractivity contribution in [3.63, 3.8) is 0 Å². The first-order valence-corrected chi connectivity index (χ1v) is 10.5. The largest absolute Gasteiger partial charge is 0.360 e. The normalized spacial score (nSPS) is 22.2. The average molecular weight is 426 g/mol. The number of nitriles is 1. The number of likely N-dealkylation sites (tertiary alicyclic amines) is 1. The molecule has 162 valence electrons. The summed E-state index contributed by atoms with van der Waals surface area (Å²) >= 11 is 0. The summed E-state index contributed by atoms with van der Waals surface area (Å²) in [5.74, 6) is -1.07. The van der Waals surface area contributed by atoms with Crippen LogP contribution in [-0.2, 0) is 15.1 Å². The van der Waals surface area contributed by atoms with Crippen molar-refractivity contribution in [3.8, 4) is 6.07 Å². The smallest absolute Gasteiger partial charge is 0.249 e. The highest BCUT2D eigenvalue weighted by atomic mass is 19.2. The molecule has 1 aliphatic carbocycles. The summed E-state index contributed by atoms with van der Waals surface area (Å²) in [6, 6.07) is 9.74. The molecule has 3 aliphatic rings. The molecule has 31 heavy (non-hydrogen) atoms. The van der Waals surface area contributed by atoms with Gasteiger partial charge in [-0.25, -0.2) is 13.8 Å². The number of carbonyl (C=O) groups excluding carboxylic acids is 1. The summed E-state index contributed by atoms with van der Waals surface area (Å²) in [7, 11) is 0. The molecule has 1 amide bonds. The van der Waals surface area contributed by atoms with Gasteiger partial charge in [-0.2, -0.15) is 5.26 Å². The zero-order valence-electron chi connectivity index (χ0n) is 17.5. The summed E-state index contributed by atoms with van der Waals surface area (Å²) in [6.45, 7) is 5.23. The predicted molar refractivity (Wildman–Crippen MR) is 110 cm³/mol. The first-order chi connectivity index (χ1) is 15.0. The Labute approximate surface area is 180 Å². The number of piperazine rings is 1. The van der Waals surface area contributed by atoms with E-state index in [-0.39, 0.29) is 24.6 Å². The molecular weight excluding hydrogens is 402 g/mol. The van der Waals surface area contributed by atoms with Gasteiger partial charge < -0.3 is 14.5 Å². The van der Waals surface area contributed by atoms with Crippen molar-refractivity contribution in [2.75, 3.05) is 24.6 Å². The SMILES string of the molecule is CC.N#Cc1ccc(N2C[C@@H]3C2CN3C(=O)COC2(c3ccc(F)c(F)c3)CC2)nc1. The van der Waals surface area contributed by atoms with Crippen LogP contribution in [0.3, 0.4) is 0 Å². The molecule has 0 spiro atoms. The standard InChI is InChI=1S/C21H18F2N4O2.C2H6/c22-15-3-2-14(7-16(15)23)21(5-6-21)29-12-20(28)27-11-17-18(27)10-26(17)19-4-1-13(8-24)9-25-19;1-2/h1-4,7,9,17-18H,5-6,10-12H2;1-2H3/t17?,18-;/m1./s1. The molecule has 1 aromatic carbocycles. The minimum Gasteiger partial charge on any atom is -0.360 e. The molecule has 2 aliphatic heterocycles. The molecule has 1 unspecified atom stereocenters. The number of aromatic nitrogens is 1. The molecule has 2 atom stereocenters. The van der Waals surface area contributed by atoms with Crippen LogP contribution in [0, 0.1) is 23.0 Å². The van der Waals surface area contributed by atoms with Crippen molar-refractivity contribution in [3.05, 3.63) is 59.3 Å². The number of hydrogen-bond acceptors (Lipinski definition) is 5. The van der Waals surface area contributed by atoms with Gasteiger partial charge in [-0.1, -0.05) is 19.9 Å². The minimum atomic E-state index is -0.903. The monoisotopic (exact) mass is 426 g/mol. The Morgan fingerprint density at radius 2 is 1.97 bits per heavy atom. The van der Waals surface area contributed by atoms with Crippen molar-refractivity contribution < 1.29 is 18.3 Å². The number of nitrogens with zero attached hydrogens (tertiary/aromatic N) is 4. The maximum Gasteiger partial charge on any atom is 0.249 e. The molecular formula is C23H24F2N4O2. The first kappa shape index (κ1) is 21.2. The molecule has 0 radical (unpaired) electrons. The van der Waals surface area contributed by atoms with Gasteiger partial charge in [0.25, 0.3) is 0 Å². The molecule has 1 aromatic heterocycles. The van der Waals surface area contributed by atoms with Crippen LogP contribution in [0.25, 0.3) is 0 Å². The Morgan fingerprint density at radius 1 is 1.19 bits per heavy atom. The van der Waals surface area contributed by atoms with Crippen molar-refractivity contribution >= 4 is 11.7 Å². The number of carbonyl (C=O) groups is 1. The van der Waals surface area contributed by atoms with Gasteiger partial charge in [0.05, 0.1) is 23.2 Å². The highest BCUT2D eigenvalue weighted by Gasteiger charge is 2.54. The van der Waals surface area contributed by atoms with Gasteiger partial charge in [-0.15, -0.1) is 0 Å². The van der Waals surface area contributed by atoms with E-state index in [0.29, 0.717) is 37.1 Å². The Hall–Kier alpha value is -3.05. The summed E-state index contributed by atoms with van der Waals surface area (Å²) < 4.78 is 32.5. The first-order valence-electron chi connectivity index (χ1n) is 10.5. The van der Waals surface area contributed by atoms with E-state index >= 15 is 0 Å². The molecule has 2 aromatic rings. The van der Waals surface area contributed by atoms with Crippen molar-refractivity contribution in [2.45, 2.75) is 44.4 Å². The Bertz CT molecular complexity index is 1020. The Kier molecular flexibility index (Phi) is 5.63. The second-order valence-corrected chi connectivity index (χ2v) is 7.76. The predicted octanol–water partition coefficient (Wildman–Crippen LogP) is 3.36. The summed E-state index contributed by atoms with van der Waals surface area (Å²) in [6.07, 6.45) is 2.93. The van der Waals surface area contributed by atoms with Crippen LogP contribution in [0.15, 0.2) is 36.5 Å². The number of ether oxygens (including phenoxy) is 1. The molecule has 8 heteroatoms. The number of hydrogen-bond donors (Lipinski definition) is 0. The van der Waals surface area contributed by atoms with Crippen LogP contribution in [0.1, 0.15) is 37.8 Å². The molecule has 2 saturated heterocycles. The fraction of sp³-hybridized carbons (Fsp3) is 0.435. The van der Waals surface area contributed by atoms with E-state index in [9.17, 15) is 13.6 Å². The molecule has 0 bridgehead atoms. The lowest BCUT2D eigenvalue weighted by molar-refractivity contribution is -0.152. The zero-order valence-corrected chi connectivity index (χ0v) is 17.5. The maximum absolute atomic E-state index is 13.5. The van der Waals surface area contributed by atoms with Gasteiger partial charge in [0.15, 0.2) is 11.6 Å². The van der Waals surface area contributed by atoms with Gasteiger partial charge in [0.1, 0.15) is 18.5 Å². The second-order valence-electron chi connectivity index (χ2n) is 7.76. The van der Waals surface area contributed by atoms with Gasteiger partial charge >= 0.3 is 0 Å². The van der Waals surface area contributed by atoms with Crippen LogP contribution in [0.4, 0.5) is 14.6 Å². The van der Waals surface area contributed by atoms with E-state index in [1.54, 1.807) is 17.2 Å². The molecule has 0 N–H and O–H groups in total. The molecule has 3 heterocycles. The third-order valence-corrected chi connectivity index (χ3v) is 6.13. The lowest BCUT2D eigenvalue weighted by atomic mass is 9.85. The fourth-order valence-corrected chi connectivity index (χ4v) is 4.12. The lowest BCUT2D eigenvalue weighted by Crippen LogP contribution is -2.80. The van der Waals surface area contributed by atoms with Gasteiger partial charge in [0.2, 0.25) is 5.91 Å². The van der Waals surface area contributed by atoms with E-state index in [4.69, 9.17) is 10.00 Å². The number of rotatable bonds is 5. The zero-order chi connectivity index (χ0) is 22.2. The van der Waals surface area contributed by atoms with Crippen molar-refractivity contribution in [1.82, 2.24) is 9.88 Å². The Morgan fingerprint density at radius 3 is 2.52 bits per heavy atom. The molecule has 6 nitrogen and oxygen atoms in total. The number of fused-ring (bicyclic) bond motifs is 1. The molecule has 5 rings (SSSR count). The van der Waals surface area contributed by atoms with Crippen LogP contribution >= 0.6 is 0 Å². The fourth-order valence-electron chi connectivity index (χ4n) is 4.12. The third kappa shape index (κ3) is 3.74. The second kappa shape index (κ2) is 8.23. The lowest BCUT2D eigenvalue weighted by Gasteiger charge is -2.62. The van der Waals surface area contributed by atoms with E-state index in [1.165, 1.54) is 6.07 Å². The number of pyridine rings is 1. The number of halogens is 2. The average Bonchev–Trinajstić information content (AvgIpc) is 3.58. The van der Waals surface area contributed by atoms with E-state index in [2.05, 4.69) is 9.88 Å². The maximum atomic E-state index is 13.5. The van der Waals surface area contributed by atoms with E-state index < -0.39 is 17.2 Å². The van der Waals surface area contributed by atoms with Crippen LogP contribution < -0.4 is 4.90 Å². The van der Waals surface area contributed by atoms with Crippen molar-refractivity contribution in [2.24, 2.45) is 0 Å². The Balaban J connectivity index is 0.00000112. The third-order valence-electron chi connectivity index (χ3n) is 6.13. The topological polar surface area (TPSA) is 69.5 Å². The quantitative estimate of drug-likeness (QED) is 0.733. The van der Waals surface area contributed by atoms with Crippen LogP contribution in [0.5, 0.6) is 0 Å². The van der Waals surface area contributed by atoms with Gasteiger partial charge in [-0.3, -0.25) is 4.79 Å². The summed E-state index contributed by atoms with van der Waals surface area (Å²) in [5.41, 5.74) is 0.419. The van der Waals surface area contributed by atoms with Crippen LogP contribution in [0.2, 0.25) is 0 Å². The van der Waals surface area contributed by atoms with E-state index in [1.807, 2.05) is 26.0 Å². The van der Waals surface area contributed by atoms with Crippen LogP contribution in [-0.4, -0.2) is 47.6 Å². The summed E-state index contributed by atoms with van der Waals surface area (Å²) in [4.78, 5) is 20.8. The highest BCUT2D eigenvalue weighted by Crippen LogP contribution is 2.49. The minimum absolute atomic E-state index is 0.0721. The number of amides is 1. The van der Waals surface area contributed by atoms with Crippen molar-refractivity contribution in [1.29, 1.82) is 5.26 Å². The molecule has 3 fully saturated rings. The summed E-state index contributed by atoms with van der Waals surface area (Å²) in [5, 5.41) is 8.86. The van der Waals surface area contributed by atoms with Gasteiger partial charge in [-0.05, 0) is 42.7 Å². The van der Waals surface area contributed by atoms with E-state index in [0.717, 1.165) is 18.0 Å². The number of anilines is 1. The number of benzene rings is 1. The molecule has 1 saturated carbocycles.